The lowest BCUT2D eigenvalue weighted by Gasteiger charge is -2.34. The summed E-state index contributed by atoms with van der Waals surface area (Å²) < 4.78 is 28.3. The van der Waals surface area contributed by atoms with E-state index in [9.17, 15) is 22.8 Å². The zero-order chi connectivity index (χ0) is 22.9. The van der Waals surface area contributed by atoms with Crippen LogP contribution in [0.4, 0.5) is 5.69 Å². The number of anilines is 1. The number of nitrogens with two attached hydrogens (primary N) is 1. The van der Waals surface area contributed by atoms with Gasteiger partial charge in [-0.2, -0.15) is 0 Å². The zero-order valence-corrected chi connectivity index (χ0v) is 18.3. The van der Waals surface area contributed by atoms with Gasteiger partial charge in [-0.3, -0.25) is 14.4 Å². The molecule has 1 saturated carbocycles. The van der Waals surface area contributed by atoms with E-state index >= 15 is 0 Å². The van der Waals surface area contributed by atoms with Crippen LogP contribution in [-0.2, 0) is 19.6 Å². The van der Waals surface area contributed by atoms with Gasteiger partial charge in [0.05, 0.1) is 23.3 Å². The molecule has 1 atom stereocenters. The molecule has 2 N–H and O–H groups in total. The summed E-state index contributed by atoms with van der Waals surface area (Å²) in [4.78, 5) is 42.0. The number of hydrogen-bond acceptors (Lipinski definition) is 6. The summed E-state index contributed by atoms with van der Waals surface area (Å²) in [5, 5.41) is 5.12. The highest BCUT2D eigenvalue weighted by Gasteiger charge is 2.47. The summed E-state index contributed by atoms with van der Waals surface area (Å²) >= 11 is 0. The van der Waals surface area contributed by atoms with Gasteiger partial charge in [-0.25, -0.2) is 18.5 Å². The highest BCUT2D eigenvalue weighted by Crippen LogP contribution is 2.32. The maximum Gasteiger partial charge on any atom is 0.290 e. The molecule has 2 aliphatic rings. The Balaban J connectivity index is 1.65. The number of imide groups is 1. The first-order valence-corrected chi connectivity index (χ1v) is 12.2. The van der Waals surface area contributed by atoms with E-state index in [2.05, 4.69) is 0 Å². The van der Waals surface area contributed by atoms with Gasteiger partial charge >= 0.3 is 0 Å². The number of furan rings is 1. The molecule has 1 unspecified atom stereocenters. The minimum atomic E-state index is -3.90. The number of benzene rings is 1. The van der Waals surface area contributed by atoms with Gasteiger partial charge < -0.3 is 9.32 Å². The highest BCUT2D eigenvalue weighted by atomic mass is 32.2. The molecule has 1 aromatic carbocycles. The molecule has 0 spiro atoms. The molecule has 2 aromatic rings. The highest BCUT2D eigenvalue weighted by molar-refractivity contribution is 7.89. The van der Waals surface area contributed by atoms with Crippen LogP contribution in [0, 0.1) is 0 Å². The topological polar surface area (TPSA) is 131 Å². The molecular formula is C22H25N3O6S. The van der Waals surface area contributed by atoms with E-state index in [0.29, 0.717) is 0 Å². The van der Waals surface area contributed by atoms with Crippen molar-refractivity contribution in [3.05, 3.63) is 48.4 Å². The van der Waals surface area contributed by atoms with Gasteiger partial charge in [0.2, 0.25) is 15.9 Å². The molecule has 3 amide bonds. The van der Waals surface area contributed by atoms with E-state index in [0.717, 1.165) is 43.4 Å². The molecule has 9 nitrogen and oxygen atoms in total. The molecule has 0 radical (unpaired) electrons. The van der Waals surface area contributed by atoms with E-state index in [1.807, 2.05) is 0 Å². The summed E-state index contributed by atoms with van der Waals surface area (Å²) in [5.41, 5.74) is 0.237. The lowest BCUT2D eigenvalue weighted by molar-refractivity contribution is -0.123. The molecule has 4 rings (SSSR count). The third-order valence-corrected chi connectivity index (χ3v) is 7.00. The second kappa shape index (κ2) is 8.87. The van der Waals surface area contributed by atoms with Crippen molar-refractivity contribution >= 4 is 33.4 Å². The number of hydrogen-bond donors (Lipinski definition) is 1. The Morgan fingerprint density at radius 2 is 1.69 bits per heavy atom. The summed E-state index contributed by atoms with van der Waals surface area (Å²) in [6.07, 6.45) is 6.80. The molecule has 1 aromatic heterocycles. The summed E-state index contributed by atoms with van der Waals surface area (Å²) in [6.45, 7) is 0. The molecule has 1 aliphatic carbocycles. The predicted octanol–water partition coefficient (Wildman–Crippen LogP) is 2.42. The van der Waals surface area contributed by atoms with Crippen LogP contribution in [0.5, 0.6) is 0 Å². The van der Waals surface area contributed by atoms with Crippen LogP contribution in [-0.4, -0.2) is 43.1 Å². The number of primary sulfonamides is 1. The maximum atomic E-state index is 13.4. The van der Waals surface area contributed by atoms with Gasteiger partial charge in [-0.1, -0.05) is 25.7 Å². The van der Waals surface area contributed by atoms with Crippen LogP contribution in [0.1, 0.15) is 55.5 Å². The average molecular weight is 460 g/mol. The van der Waals surface area contributed by atoms with Crippen molar-refractivity contribution in [2.45, 2.75) is 61.9 Å². The van der Waals surface area contributed by atoms with E-state index < -0.39 is 33.8 Å². The molecular weight excluding hydrogens is 434 g/mol. The molecule has 1 saturated heterocycles. The van der Waals surface area contributed by atoms with Crippen LogP contribution in [0.15, 0.2) is 52.0 Å². The largest absolute Gasteiger partial charge is 0.459 e. The van der Waals surface area contributed by atoms with Crippen LogP contribution >= 0.6 is 0 Å². The lowest BCUT2D eigenvalue weighted by Crippen LogP contribution is -2.50. The Hall–Kier alpha value is -2.98. The summed E-state index contributed by atoms with van der Waals surface area (Å²) in [5.74, 6) is -1.23. The van der Waals surface area contributed by atoms with Gasteiger partial charge in [-0.15, -0.1) is 0 Å². The average Bonchev–Trinajstić information content (AvgIpc) is 3.29. The van der Waals surface area contributed by atoms with E-state index in [-0.39, 0.29) is 28.8 Å². The standard InChI is InChI=1S/C22H25N3O6S/c23-32(29,30)17-11-9-16(10-12-17)25-20(26)14-18(21(25)27)24(15-6-3-1-2-4-7-15)22(28)19-8-5-13-31-19/h5,8-13,15,18H,1-4,6-7,14H2,(H2,23,29,30). The third-order valence-electron chi connectivity index (χ3n) is 6.07. The number of amides is 3. The molecule has 0 bridgehead atoms. The van der Waals surface area contributed by atoms with Crippen molar-refractivity contribution < 1.29 is 27.2 Å². The van der Waals surface area contributed by atoms with Crippen molar-refractivity contribution in [2.24, 2.45) is 5.14 Å². The number of sulfonamides is 1. The molecule has 1 aliphatic heterocycles. The second-order valence-electron chi connectivity index (χ2n) is 8.16. The number of nitrogens with zero attached hydrogens (tertiary/aromatic N) is 2. The first-order valence-electron chi connectivity index (χ1n) is 10.6. The van der Waals surface area contributed by atoms with Crippen molar-refractivity contribution in [2.75, 3.05) is 4.90 Å². The fraction of sp³-hybridized carbons (Fsp3) is 0.409. The van der Waals surface area contributed by atoms with Gasteiger partial charge in [0.1, 0.15) is 6.04 Å². The summed E-state index contributed by atoms with van der Waals surface area (Å²) in [7, 11) is -3.90. The quantitative estimate of drug-likeness (QED) is 0.540. The molecule has 32 heavy (non-hydrogen) atoms. The van der Waals surface area contributed by atoms with Crippen LogP contribution in [0.2, 0.25) is 0 Å². The molecule has 2 heterocycles. The number of carbonyl (C=O) groups is 3. The predicted molar refractivity (Wildman–Crippen MR) is 115 cm³/mol. The van der Waals surface area contributed by atoms with Gasteiger partial charge in [0.25, 0.3) is 11.8 Å². The third kappa shape index (κ3) is 4.33. The van der Waals surface area contributed by atoms with E-state index in [1.165, 1.54) is 35.4 Å². The molecule has 10 heteroatoms. The Morgan fingerprint density at radius 3 is 2.25 bits per heavy atom. The molecule has 170 valence electrons. The second-order valence-corrected chi connectivity index (χ2v) is 9.72. The first-order chi connectivity index (χ1) is 15.3. The van der Waals surface area contributed by atoms with Crippen LogP contribution in [0.25, 0.3) is 0 Å². The number of carbonyl (C=O) groups excluding carboxylic acids is 3. The normalized spacial score (nSPS) is 20.4. The maximum absolute atomic E-state index is 13.4. The first kappa shape index (κ1) is 22.2. The Labute approximate surface area is 186 Å². The summed E-state index contributed by atoms with van der Waals surface area (Å²) in [6, 6.07) is 7.27. The van der Waals surface area contributed by atoms with Gasteiger partial charge in [-0.05, 0) is 49.2 Å². The Morgan fingerprint density at radius 1 is 1.03 bits per heavy atom. The van der Waals surface area contributed by atoms with Gasteiger partial charge in [0.15, 0.2) is 5.76 Å². The fourth-order valence-corrected chi connectivity index (χ4v) is 5.03. The monoisotopic (exact) mass is 459 g/mol. The molecule has 2 fully saturated rings. The van der Waals surface area contributed by atoms with Crippen molar-refractivity contribution in [3.63, 3.8) is 0 Å². The van der Waals surface area contributed by atoms with E-state index in [4.69, 9.17) is 9.56 Å². The smallest absolute Gasteiger partial charge is 0.290 e. The van der Waals surface area contributed by atoms with E-state index in [1.54, 1.807) is 12.1 Å². The van der Waals surface area contributed by atoms with Crippen molar-refractivity contribution in [1.82, 2.24) is 4.90 Å². The lowest BCUT2D eigenvalue weighted by atomic mass is 10.0. The number of rotatable bonds is 5. The van der Waals surface area contributed by atoms with Gasteiger partial charge in [0, 0.05) is 6.04 Å². The Kier molecular flexibility index (Phi) is 6.16. The minimum absolute atomic E-state index is 0.120. The fourth-order valence-electron chi connectivity index (χ4n) is 4.51. The van der Waals surface area contributed by atoms with Crippen molar-refractivity contribution in [1.29, 1.82) is 0 Å². The minimum Gasteiger partial charge on any atom is -0.459 e. The Bertz CT molecular complexity index is 1100. The van der Waals surface area contributed by atoms with Crippen LogP contribution in [0.3, 0.4) is 0 Å². The SMILES string of the molecule is NS(=O)(=O)c1ccc(N2C(=O)CC(N(C(=O)c3ccco3)C3CCCCCC3)C2=O)cc1. The zero-order valence-electron chi connectivity index (χ0n) is 17.5. The van der Waals surface area contributed by atoms with Crippen molar-refractivity contribution in [3.8, 4) is 0 Å². The van der Waals surface area contributed by atoms with Crippen LogP contribution < -0.4 is 10.0 Å².